The van der Waals surface area contributed by atoms with E-state index in [-0.39, 0.29) is 21.9 Å². The minimum Gasteiger partial charge on any atom is -0.478 e. The fraction of sp³-hybridized carbons (Fsp3) is 0.333. The van der Waals surface area contributed by atoms with Gasteiger partial charge in [0.05, 0.1) is 27.3 Å². The van der Waals surface area contributed by atoms with Crippen LogP contribution in [0.25, 0.3) is 0 Å². The van der Waals surface area contributed by atoms with Crippen LogP contribution in [0.1, 0.15) is 24.2 Å². The number of carbonyl (C=O) groups excluding carboxylic acids is 1. The molecular formula is C12H13NO5S. The molecule has 1 heterocycles. The molecular weight excluding hydrogens is 270 g/mol. The molecule has 1 aliphatic rings. The van der Waals surface area contributed by atoms with E-state index in [4.69, 9.17) is 5.11 Å². The van der Waals surface area contributed by atoms with Crippen molar-refractivity contribution in [3.05, 3.63) is 23.8 Å². The smallest absolute Gasteiger partial charge is 0.337 e. The van der Waals surface area contributed by atoms with Gasteiger partial charge in [-0.2, -0.15) is 0 Å². The molecule has 0 fully saturated rings. The van der Waals surface area contributed by atoms with Crippen LogP contribution in [-0.4, -0.2) is 31.2 Å². The van der Waals surface area contributed by atoms with Crippen LogP contribution in [0.15, 0.2) is 23.1 Å². The molecule has 0 aromatic heterocycles. The van der Waals surface area contributed by atoms with Gasteiger partial charge in [-0.15, -0.1) is 0 Å². The molecule has 2 rings (SSSR count). The van der Waals surface area contributed by atoms with Crippen molar-refractivity contribution in [2.45, 2.75) is 18.7 Å². The van der Waals surface area contributed by atoms with E-state index in [0.29, 0.717) is 0 Å². The van der Waals surface area contributed by atoms with Gasteiger partial charge in [0.15, 0.2) is 9.84 Å². The molecule has 1 amide bonds. The first kappa shape index (κ1) is 13.5. The number of carboxylic acid groups (broad SMARTS) is 1. The Bertz CT molecular complexity index is 675. The standard InChI is InChI=1S/C12H13NO5S/c1-12(2)6-19(17,18)8-5-3-4-7(10(14)15)9(8)13-11(12)16/h3-5H,6H2,1-2H3,(H,13,16)(H,14,15). The number of para-hydroxylation sites is 1. The summed E-state index contributed by atoms with van der Waals surface area (Å²) in [5.41, 5.74) is -1.49. The average Bonchev–Trinajstić information content (AvgIpc) is 2.32. The molecule has 0 atom stereocenters. The molecule has 0 saturated heterocycles. The Hall–Kier alpha value is -1.89. The third-order valence-corrected chi connectivity index (χ3v) is 5.11. The van der Waals surface area contributed by atoms with E-state index in [2.05, 4.69) is 5.32 Å². The van der Waals surface area contributed by atoms with Crippen LogP contribution < -0.4 is 5.32 Å². The molecule has 1 aromatic carbocycles. The van der Waals surface area contributed by atoms with Crippen molar-refractivity contribution in [1.82, 2.24) is 0 Å². The Morgan fingerprint density at radius 3 is 2.58 bits per heavy atom. The summed E-state index contributed by atoms with van der Waals surface area (Å²) < 4.78 is 24.5. The molecule has 7 heteroatoms. The van der Waals surface area contributed by atoms with Crippen LogP contribution in [-0.2, 0) is 14.6 Å². The first-order valence-electron chi connectivity index (χ1n) is 5.56. The van der Waals surface area contributed by atoms with Crippen LogP contribution in [0.4, 0.5) is 5.69 Å². The van der Waals surface area contributed by atoms with Crippen LogP contribution in [0.5, 0.6) is 0 Å². The highest BCUT2D eigenvalue weighted by molar-refractivity contribution is 7.91. The Morgan fingerprint density at radius 1 is 1.37 bits per heavy atom. The second kappa shape index (κ2) is 4.06. The first-order chi connectivity index (χ1) is 8.65. The van der Waals surface area contributed by atoms with Crippen LogP contribution in [0, 0.1) is 5.41 Å². The van der Waals surface area contributed by atoms with Crippen molar-refractivity contribution < 1.29 is 23.1 Å². The number of hydrogen-bond acceptors (Lipinski definition) is 4. The zero-order chi connectivity index (χ0) is 14.4. The number of carboxylic acids is 1. The molecule has 2 N–H and O–H groups in total. The number of rotatable bonds is 1. The van der Waals surface area contributed by atoms with Crippen LogP contribution in [0.3, 0.4) is 0 Å². The van der Waals surface area contributed by atoms with Crippen molar-refractivity contribution in [3.63, 3.8) is 0 Å². The topological polar surface area (TPSA) is 101 Å². The molecule has 0 bridgehead atoms. The molecule has 0 radical (unpaired) electrons. The number of aromatic carboxylic acids is 1. The highest BCUT2D eigenvalue weighted by Crippen LogP contribution is 2.35. The van der Waals surface area contributed by atoms with Gasteiger partial charge in [-0.25, -0.2) is 13.2 Å². The highest BCUT2D eigenvalue weighted by Gasteiger charge is 2.40. The van der Waals surface area contributed by atoms with Crippen molar-refractivity contribution in [1.29, 1.82) is 0 Å². The summed E-state index contributed by atoms with van der Waals surface area (Å²) >= 11 is 0. The number of sulfone groups is 1. The van der Waals surface area contributed by atoms with Gasteiger partial charge in [0, 0.05) is 0 Å². The molecule has 19 heavy (non-hydrogen) atoms. The summed E-state index contributed by atoms with van der Waals surface area (Å²) in [6.45, 7) is 3.01. The maximum absolute atomic E-state index is 12.2. The third-order valence-electron chi connectivity index (χ3n) is 3.00. The Labute approximate surface area is 110 Å². The van der Waals surface area contributed by atoms with Gasteiger partial charge in [-0.1, -0.05) is 19.9 Å². The number of nitrogens with one attached hydrogen (secondary N) is 1. The summed E-state index contributed by atoms with van der Waals surface area (Å²) in [5, 5.41) is 11.5. The summed E-state index contributed by atoms with van der Waals surface area (Å²) in [6, 6.07) is 3.92. The van der Waals surface area contributed by atoms with E-state index in [1.807, 2.05) is 0 Å². The second-order valence-electron chi connectivity index (χ2n) is 5.08. The lowest BCUT2D eigenvalue weighted by Gasteiger charge is -2.19. The lowest BCUT2D eigenvalue weighted by molar-refractivity contribution is -0.122. The molecule has 0 aliphatic carbocycles. The van der Waals surface area contributed by atoms with E-state index < -0.39 is 27.1 Å². The minimum absolute atomic E-state index is 0.147. The lowest BCUT2D eigenvalue weighted by Crippen LogP contribution is -2.34. The number of carbonyl (C=O) groups is 2. The van der Waals surface area contributed by atoms with Gasteiger partial charge in [0.25, 0.3) is 0 Å². The normalized spacial score (nSPS) is 20.0. The fourth-order valence-electron chi connectivity index (χ4n) is 2.00. The predicted octanol–water partition coefficient (Wildman–Crippen LogP) is 1.14. The Morgan fingerprint density at radius 2 is 2.00 bits per heavy atom. The SMILES string of the molecule is CC1(C)CS(=O)(=O)c2cccc(C(=O)O)c2NC1=O. The Balaban J connectivity index is 2.77. The first-order valence-corrected chi connectivity index (χ1v) is 7.21. The van der Waals surface area contributed by atoms with Crippen molar-refractivity contribution >= 4 is 27.4 Å². The molecule has 0 unspecified atom stereocenters. The fourth-order valence-corrected chi connectivity index (χ4v) is 3.99. The van der Waals surface area contributed by atoms with E-state index in [0.717, 1.165) is 0 Å². The zero-order valence-corrected chi connectivity index (χ0v) is 11.2. The Kier molecular flexibility index (Phi) is 2.89. The highest BCUT2D eigenvalue weighted by atomic mass is 32.2. The summed E-state index contributed by atoms with van der Waals surface area (Å²) in [4.78, 5) is 23.0. The van der Waals surface area contributed by atoms with E-state index in [1.165, 1.54) is 32.0 Å². The van der Waals surface area contributed by atoms with E-state index in [9.17, 15) is 18.0 Å². The van der Waals surface area contributed by atoms with E-state index in [1.54, 1.807) is 0 Å². The van der Waals surface area contributed by atoms with Crippen molar-refractivity contribution in [2.24, 2.45) is 5.41 Å². The summed E-state index contributed by atoms with van der Waals surface area (Å²) in [5.74, 6) is -2.15. The molecule has 1 aliphatic heterocycles. The van der Waals surface area contributed by atoms with Gasteiger partial charge >= 0.3 is 5.97 Å². The number of benzene rings is 1. The van der Waals surface area contributed by atoms with E-state index >= 15 is 0 Å². The maximum Gasteiger partial charge on any atom is 0.337 e. The predicted molar refractivity (Wildman–Crippen MR) is 67.9 cm³/mol. The summed E-state index contributed by atoms with van der Waals surface area (Å²) in [7, 11) is -3.72. The van der Waals surface area contributed by atoms with Gasteiger partial charge in [-0.05, 0) is 12.1 Å². The lowest BCUT2D eigenvalue weighted by atomic mass is 9.95. The van der Waals surface area contributed by atoms with Gasteiger partial charge in [0.1, 0.15) is 0 Å². The quantitative estimate of drug-likeness (QED) is 0.804. The maximum atomic E-state index is 12.2. The average molecular weight is 283 g/mol. The number of hydrogen-bond donors (Lipinski definition) is 2. The third kappa shape index (κ3) is 2.21. The largest absolute Gasteiger partial charge is 0.478 e. The molecule has 0 spiro atoms. The van der Waals surface area contributed by atoms with Gasteiger partial charge < -0.3 is 10.4 Å². The van der Waals surface area contributed by atoms with Gasteiger partial charge in [-0.3, -0.25) is 4.79 Å². The zero-order valence-electron chi connectivity index (χ0n) is 10.4. The second-order valence-corrected chi connectivity index (χ2v) is 7.04. The molecule has 1 aromatic rings. The molecule has 0 saturated carbocycles. The molecule has 6 nitrogen and oxygen atoms in total. The number of amides is 1. The van der Waals surface area contributed by atoms with Crippen molar-refractivity contribution in [3.8, 4) is 0 Å². The minimum atomic E-state index is -3.72. The summed E-state index contributed by atoms with van der Waals surface area (Å²) in [6.07, 6.45) is 0. The monoisotopic (exact) mass is 283 g/mol. The van der Waals surface area contributed by atoms with Crippen LogP contribution >= 0.6 is 0 Å². The number of fused-ring (bicyclic) bond motifs is 1. The van der Waals surface area contributed by atoms with Gasteiger partial charge in [0.2, 0.25) is 5.91 Å². The van der Waals surface area contributed by atoms with Crippen LogP contribution in [0.2, 0.25) is 0 Å². The number of anilines is 1. The molecule has 102 valence electrons. The van der Waals surface area contributed by atoms with Crippen molar-refractivity contribution in [2.75, 3.05) is 11.1 Å².